The van der Waals surface area contributed by atoms with Gasteiger partial charge in [-0.05, 0) is 18.2 Å². The summed E-state index contributed by atoms with van der Waals surface area (Å²) in [5, 5.41) is 0. The second kappa shape index (κ2) is 5.75. The smallest absolute Gasteiger partial charge is 0.128 e. The Bertz CT molecular complexity index is 583. The number of thiocarbonyl (C=S) groups is 1. The molecule has 0 amide bonds. The molecule has 0 aliphatic heterocycles. The topological polar surface area (TPSA) is 42.1 Å². The van der Waals surface area contributed by atoms with E-state index in [0.717, 1.165) is 5.69 Å². The highest BCUT2D eigenvalue weighted by Crippen LogP contribution is 2.16. The van der Waals surface area contributed by atoms with Crippen molar-refractivity contribution in [2.45, 2.75) is 6.54 Å². The Morgan fingerprint density at radius 2 is 2.05 bits per heavy atom. The highest BCUT2D eigenvalue weighted by atomic mass is 32.1. The standard InChI is InChI=1S/C14H14FN3S/c1-18(9-10-4-2-3-5-12(10)15)11-6-7-13(14(16)19)17-8-11/h2-8H,9H2,1H3,(H2,16,19). The maximum atomic E-state index is 13.6. The summed E-state index contributed by atoms with van der Waals surface area (Å²) in [5.74, 6) is -0.206. The summed E-state index contributed by atoms with van der Waals surface area (Å²) in [4.78, 5) is 6.34. The Morgan fingerprint density at radius 1 is 1.32 bits per heavy atom. The summed E-state index contributed by atoms with van der Waals surface area (Å²) in [7, 11) is 1.88. The molecule has 0 atom stereocenters. The highest BCUT2D eigenvalue weighted by molar-refractivity contribution is 7.80. The average molecular weight is 275 g/mol. The third-order valence-corrected chi connectivity index (χ3v) is 3.02. The first kappa shape index (κ1) is 13.4. The number of nitrogens with zero attached hydrogens (tertiary/aromatic N) is 2. The van der Waals surface area contributed by atoms with E-state index in [1.807, 2.05) is 24.1 Å². The van der Waals surface area contributed by atoms with Gasteiger partial charge in [-0.2, -0.15) is 0 Å². The molecule has 1 heterocycles. The molecule has 0 fully saturated rings. The van der Waals surface area contributed by atoms with Gasteiger partial charge in [0.15, 0.2) is 0 Å². The molecule has 2 rings (SSSR count). The predicted molar refractivity (Wildman–Crippen MR) is 78.6 cm³/mol. The molecule has 0 unspecified atom stereocenters. The minimum absolute atomic E-state index is 0.206. The van der Waals surface area contributed by atoms with Crippen LogP contribution >= 0.6 is 12.2 Å². The van der Waals surface area contributed by atoms with E-state index >= 15 is 0 Å². The van der Waals surface area contributed by atoms with E-state index in [1.165, 1.54) is 6.07 Å². The molecular weight excluding hydrogens is 261 g/mol. The molecule has 5 heteroatoms. The van der Waals surface area contributed by atoms with Crippen molar-refractivity contribution >= 4 is 22.9 Å². The fourth-order valence-corrected chi connectivity index (χ4v) is 1.85. The number of hydrogen-bond donors (Lipinski definition) is 1. The maximum absolute atomic E-state index is 13.6. The fourth-order valence-electron chi connectivity index (χ4n) is 1.73. The number of aromatic nitrogens is 1. The van der Waals surface area contributed by atoms with Crippen LogP contribution in [0.4, 0.5) is 10.1 Å². The van der Waals surface area contributed by atoms with Gasteiger partial charge in [0.25, 0.3) is 0 Å². The van der Waals surface area contributed by atoms with Crippen LogP contribution < -0.4 is 10.6 Å². The molecule has 1 aromatic carbocycles. The number of pyridine rings is 1. The summed E-state index contributed by atoms with van der Waals surface area (Å²) in [5.41, 5.74) is 7.59. The van der Waals surface area contributed by atoms with Gasteiger partial charge in [0.2, 0.25) is 0 Å². The molecule has 0 bridgehead atoms. The van der Waals surface area contributed by atoms with E-state index in [4.69, 9.17) is 18.0 Å². The minimum Gasteiger partial charge on any atom is -0.388 e. The van der Waals surface area contributed by atoms with Gasteiger partial charge in [-0.1, -0.05) is 30.4 Å². The third kappa shape index (κ3) is 3.26. The summed E-state index contributed by atoms with van der Waals surface area (Å²) in [6.45, 7) is 0.473. The van der Waals surface area contributed by atoms with Crippen LogP contribution in [0.5, 0.6) is 0 Å². The lowest BCUT2D eigenvalue weighted by Crippen LogP contribution is -2.18. The quantitative estimate of drug-likeness (QED) is 0.871. The Labute approximate surface area is 116 Å². The summed E-state index contributed by atoms with van der Waals surface area (Å²) >= 11 is 4.85. The van der Waals surface area contributed by atoms with Crippen LogP contribution in [0.1, 0.15) is 11.3 Å². The third-order valence-electron chi connectivity index (χ3n) is 2.81. The summed E-state index contributed by atoms with van der Waals surface area (Å²) in [6, 6.07) is 10.3. The lowest BCUT2D eigenvalue weighted by atomic mass is 10.2. The minimum atomic E-state index is -0.206. The number of nitrogens with two attached hydrogens (primary N) is 1. The highest BCUT2D eigenvalue weighted by Gasteiger charge is 2.07. The number of halogens is 1. The Kier molecular flexibility index (Phi) is 4.06. The number of rotatable bonds is 4. The monoisotopic (exact) mass is 275 g/mol. The van der Waals surface area contributed by atoms with Crippen molar-refractivity contribution in [1.29, 1.82) is 0 Å². The molecule has 1 aromatic heterocycles. The van der Waals surface area contributed by atoms with Gasteiger partial charge in [-0.15, -0.1) is 0 Å². The van der Waals surface area contributed by atoms with Gasteiger partial charge >= 0.3 is 0 Å². The first-order valence-electron chi connectivity index (χ1n) is 5.78. The van der Waals surface area contributed by atoms with Crippen LogP contribution in [-0.4, -0.2) is 17.0 Å². The molecule has 0 spiro atoms. The van der Waals surface area contributed by atoms with E-state index < -0.39 is 0 Å². The SMILES string of the molecule is CN(Cc1ccccc1F)c1ccc(C(N)=S)nc1. The second-order valence-electron chi connectivity index (χ2n) is 4.21. The van der Waals surface area contributed by atoms with Crippen LogP contribution in [0.2, 0.25) is 0 Å². The second-order valence-corrected chi connectivity index (χ2v) is 4.65. The summed E-state index contributed by atoms with van der Waals surface area (Å²) < 4.78 is 13.6. The molecule has 0 saturated carbocycles. The number of benzene rings is 1. The van der Waals surface area contributed by atoms with E-state index in [9.17, 15) is 4.39 Å². The zero-order valence-corrected chi connectivity index (χ0v) is 11.3. The zero-order chi connectivity index (χ0) is 13.8. The molecule has 0 radical (unpaired) electrons. The molecule has 2 aromatic rings. The normalized spacial score (nSPS) is 10.2. The molecule has 3 nitrogen and oxygen atoms in total. The largest absolute Gasteiger partial charge is 0.388 e. The van der Waals surface area contributed by atoms with Crippen LogP contribution in [0.3, 0.4) is 0 Å². The van der Waals surface area contributed by atoms with E-state index in [-0.39, 0.29) is 10.8 Å². The van der Waals surface area contributed by atoms with Gasteiger partial charge in [-0.25, -0.2) is 4.39 Å². The molecule has 2 N–H and O–H groups in total. The lowest BCUT2D eigenvalue weighted by Gasteiger charge is -2.19. The van der Waals surface area contributed by atoms with Crippen molar-refractivity contribution in [2.24, 2.45) is 5.73 Å². The van der Waals surface area contributed by atoms with Gasteiger partial charge in [0, 0.05) is 19.2 Å². The zero-order valence-electron chi connectivity index (χ0n) is 10.5. The molecule has 0 aliphatic carbocycles. The van der Waals surface area contributed by atoms with Crippen molar-refractivity contribution in [3.8, 4) is 0 Å². The maximum Gasteiger partial charge on any atom is 0.128 e. The van der Waals surface area contributed by atoms with Crippen LogP contribution in [-0.2, 0) is 6.54 Å². The Hall–Kier alpha value is -2.01. The van der Waals surface area contributed by atoms with Crippen molar-refractivity contribution in [3.05, 3.63) is 59.7 Å². The molecule has 19 heavy (non-hydrogen) atoms. The molecule has 98 valence electrons. The van der Waals surface area contributed by atoms with Gasteiger partial charge in [0.05, 0.1) is 17.6 Å². The molecule has 0 aliphatic rings. The Morgan fingerprint density at radius 3 is 2.63 bits per heavy atom. The van der Waals surface area contributed by atoms with E-state index in [0.29, 0.717) is 17.8 Å². The van der Waals surface area contributed by atoms with Crippen LogP contribution in [0, 0.1) is 5.82 Å². The average Bonchev–Trinajstić information content (AvgIpc) is 2.41. The van der Waals surface area contributed by atoms with Crippen LogP contribution in [0.25, 0.3) is 0 Å². The fraction of sp³-hybridized carbons (Fsp3) is 0.143. The van der Waals surface area contributed by atoms with Crippen molar-refractivity contribution < 1.29 is 4.39 Å². The molecular formula is C14H14FN3S. The van der Waals surface area contributed by atoms with E-state index in [1.54, 1.807) is 24.4 Å². The van der Waals surface area contributed by atoms with Gasteiger partial charge in [0.1, 0.15) is 10.8 Å². The van der Waals surface area contributed by atoms with Gasteiger partial charge < -0.3 is 10.6 Å². The Balaban J connectivity index is 2.14. The lowest BCUT2D eigenvalue weighted by molar-refractivity contribution is 0.608. The van der Waals surface area contributed by atoms with Crippen LogP contribution in [0.15, 0.2) is 42.6 Å². The van der Waals surface area contributed by atoms with Crippen molar-refractivity contribution in [1.82, 2.24) is 4.98 Å². The van der Waals surface area contributed by atoms with Crippen molar-refractivity contribution in [2.75, 3.05) is 11.9 Å². The van der Waals surface area contributed by atoms with Gasteiger partial charge in [-0.3, -0.25) is 4.98 Å². The van der Waals surface area contributed by atoms with Crippen molar-refractivity contribution in [3.63, 3.8) is 0 Å². The van der Waals surface area contributed by atoms with E-state index in [2.05, 4.69) is 4.98 Å². The number of anilines is 1. The predicted octanol–water partition coefficient (Wildman–Crippen LogP) is 2.49. The number of hydrogen-bond acceptors (Lipinski definition) is 3. The molecule has 0 saturated heterocycles. The first-order valence-corrected chi connectivity index (χ1v) is 6.19. The summed E-state index contributed by atoms with van der Waals surface area (Å²) in [6.07, 6.45) is 1.68. The first-order chi connectivity index (χ1) is 9.08.